The monoisotopic (exact) mass is 301 g/mol. The largest absolute Gasteiger partial charge is 0.481 e. The summed E-state index contributed by atoms with van der Waals surface area (Å²) >= 11 is 0. The van der Waals surface area contributed by atoms with Crippen LogP contribution in [0.15, 0.2) is 22.6 Å². The van der Waals surface area contributed by atoms with E-state index in [1.807, 2.05) is 6.07 Å². The Kier molecular flexibility index (Phi) is 4.21. The number of nitrogens with one attached hydrogen (secondary N) is 1. The molecule has 2 atom stereocenters. The average Bonchev–Trinajstić information content (AvgIpc) is 2.87. The van der Waals surface area contributed by atoms with Gasteiger partial charge in [-0.15, -0.1) is 0 Å². The summed E-state index contributed by atoms with van der Waals surface area (Å²) < 4.78 is 5.88. The van der Waals surface area contributed by atoms with Crippen molar-refractivity contribution >= 4 is 16.9 Å². The molecule has 1 aromatic heterocycles. The number of carboxylic acids is 1. The first-order valence-electron chi connectivity index (χ1n) is 8.00. The van der Waals surface area contributed by atoms with Gasteiger partial charge in [0.15, 0.2) is 0 Å². The topological polar surface area (TPSA) is 62.5 Å². The highest BCUT2D eigenvalue weighted by Gasteiger charge is 2.30. The summed E-state index contributed by atoms with van der Waals surface area (Å²) in [6.07, 6.45) is 3.80. The molecule has 1 saturated carbocycles. The fourth-order valence-corrected chi connectivity index (χ4v) is 3.35. The number of aliphatic carboxylic acids is 1. The van der Waals surface area contributed by atoms with Gasteiger partial charge in [0.05, 0.1) is 12.5 Å². The SMILES string of the molecule is Cc1cc2cc(CN[C@@H]3CCCC[C@@H]3C(=O)O)oc2cc1C. The first kappa shape index (κ1) is 15.1. The lowest BCUT2D eigenvalue weighted by atomic mass is 9.84. The van der Waals surface area contributed by atoms with Crippen LogP contribution in [-0.4, -0.2) is 17.1 Å². The molecule has 3 rings (SSSR count). The van der Waals surface area contributed by atoms with Crippen LogP contribution in [0.1, 0.15) is 42.6 Å². The van der Waals surface area contributed by atoms with E-state index >= 15 is 0 Å². The fourth-order valence-electron chi connectivity index (χ4n) is 3.35. The Labute approximate surface area is 130 Å². The van der Waals surface area contributed by atoms with Gasteiger partial charge in [-0.25, -0.2) is 0 Å². The minimum atomic E-state index is -0.687. The second-order valence-corrected chi connectivity index (χ2v) is 6.40. The number of hydrogen-bond acceptors (Lipinski definition) is 3. The molecule has 0 unspecified atom stereocenters. The maximum Gasteiger partial charge on any atom is 0.308 e. The van der Waals surface area contributed by atoms with Gasteiger partial charge in [-0.2, -0.15) is 0 Å². The summed E-state index contributed by atoms with van der Waals surface area (Å²) in [5.74, 6) is -0.0922. The number of hydrogen-bond donors (Lipinski definition) is 2. The van der Waals surface area contributed by atoms with Gasteiger partial charge >= 0.3 is 5.97 Å². The molecule has 1 fully saturated rings. The van der Waals surface area contributed by atoms with Crippen LogP contribution in [0.3, 0.4) is 0 Å². The highest BCUT2D eigenvalue weighted by atomic mass is 16.4. The highest BCUT2D eigenvalue weighted by molar-refractivity contribution is 5.79. The van der Waals surface area contributed by atoms with Crippen molar-refractivity contribution in [2.45, 2.75) is 52.1 Å². The second kappa shape index (κ2) is 6.13. The van der Waals surface area contributed by atoms with Gasteiger partial charge in [0, 0.05) is 11.4 Å². The lowest BCUT2D eigenvalue weighted by Crippen LogP contribution is -2.41. The van der Waals surface area contributed by atoms with Crippen LogP contribution in [0.4, 0.5) is 0 Å². The number of aryl methyl sites for hydroxylation is 2. The van der Waals surface area contributed by atoms with Gasteiger partial charge in [-0.05, 0) is 56.0 Å². The zero-order chi connectivity index (χ0) is 15.7. The predicted octanol–water partition coefficient (Wildman–Crippen LogP) is 3.78. The van der Waals surface area contributed by atoms with Crippen molar-refractivity contribution in [1.29, 1.82) is 0 Å². The molecule has 118 valence electrons. The van der Waals surface area contributed by atoms with E-state index in [0.717, 1.165) is 42.4 Å². The first-order valence-corrected chi connectivity index (χ1v) is 8.00. The van der Waals surface area contributed by atoms with E-state index in [-0.39, 0.29) is 12.0 Å². The standard InChI is InChI=1S/C18H23NO3/c1-11-7-13-9-14(22-17(13)8-12(11)2)10-19-16-6-4-3-5-15(16)18(20)21/h7-9,15-16,19H,3-6,10H2,1-2H3,(H,20,21)/t15-,16+/m0/s1. The quantitative estimate of drug-likeness (QED) is 0.902. The van der Waals surface area contributed by atoms with Crippen LogP contribution in [0.2, 0.25) is 0 Å². The molecule has 0 aliphatic heterocycles. The molecule has 4 nitrogen and oxygen atoms in total. The zero-order valence-electron chi connectivity index (χ0n) is 13.2. The number of rotatable bonds is 4. The first-order chi connectivity index (χ1) is 10.5. The van der Waals surface area contributed by atoms with Gasteiger partial charge in [0.25, 0.3) is 0 Å². The zero-order valence-corrected chi connectivity index (χ0v) is 13.2. The second-order valence-electron chi connectivity index (χ2n) is 6.40. The molecule has 2 N–H and O–H groups in total. The van der Waals surface area contributed by atoms with E-state index in [9.17, 15) is 9.90 Å². The Hall–Kier alpha value is -1.81. The molecular formula is C18H23NO3. The maximum absolute atomic E-state index is 11.3. The van der Waals surface area contributed by atoms with Crippen molar-refractivity contribution in [3.05, 3.63) is 35.1 Å². The average molecular weight is 301 g/mol. The van der Waals surface area contributed by atoms with Gasteiger partial charge in [-0.3, -0.25) is 4.79 Å². The normalized spacial score (nSPS) is 22.1. The number of furan rings is 1. The molecule has 4 heteroatoms. The third-order valence-corrected chi connectivity index (χ3v) is 4.81. The Morgan fingerprint density at radius 2 is 1.95 bits per heavy atom. The van der Waals surface area contributed by atoms with E-state index in [2.05, 4.69) is 31.3 Å². The Morgan fingerprint density at radius 3 is 2.73 bits per heavy atom. The third-order valence-electron chi connectivity index (χ3n) is 4.81. The summed E-state index contributed by atoms with van der Waals surface area (Å²) in [4.78, 5) is 11.3. The van der Waals surface area contributed by atoms with Gasteiger partial charge in [0.2, 0.25) is 0 Å². The maximum atomic E-state index is 11.3. The molecule has 0 amide bonds. The smallest absolute Gasteiger partial charge is 0.308 e. The molecule has 1 aromatic carbocycles. The summed E-state index contributed by atoms with van der Waals surface area (Å²) in [5, 5.41) is 13.8. The molecule has 1 aliphatic rings. The van der Waals surface area contributed by atoms with E-state index in [0.29, 0.717) is 6.54 Å². The summed E-state index contributed by atoms with van der Waals surface area (Å²) in [7, 11) is 0. The molecular weight excluding hydrogens is 278 g/mol. The summed E-state index contributed by atoms with van der Waals surface area (Å²) in [6.45, 7) is 4.76. The Balaban J connectivity index is 1.71. The Morgan fingerprint density at radius 1 is 1.23 bits per heavy atom. The molecule has 0 radical (unpaired) electrons. The summed E-state index contributed by atoms with van der Waals surface area (Å²) in [6, 6.07) is 6.29. The van der Waals surface area contributed by atoms with Crippen molar-refractivity contribution in [3.63, 3.8) is 0 Å². The lowest BCUT2D eigenvalue weighted by molar-refractivity contribution is -0.143. The highest BCUT2D eigenvalue weighted by Crippen LogP contribution is 2.26. The van der Waals surface area contributed by atoms with Crippen molar-refractivity contribution in [1.82, 2.24) is 5.32 Å². The van der Waals surface area contributed by atoms with Crippen LogP contribution < -0.4 is 5.32 Å². The molecule has 1 aliphatic carbocycles. The minimum Gasteiger partial charge on any atom is -0.481 e. The molecule has 22 heavy (non-hydrogen) atoms. The Bertz CT molecular complexity index is 650. The van der Waals surface area contributed by atoms with E-state index in [4.69, 9.17) is 4.42 Å². The number of carbonyl (C=O) groups is 1. The number of fused-ring (bicyclic) bond motifs is 1. The molecule has 0 bridgehead atoms. The van der Waals surface area contributed by atoms with Crippen LogP contribution >= 0.6 is 0 Å². The van der Waals surface area contributed by atoms with Crippen LogP contribution in [0.5, 0.6) is 0 Å². The van der Waals surface area contributed by atoms with Crippen LogP contribution in [-0.2, 0) is 11.3 Å². The van der Waals surface area contributed by atoms with E-state index in [1.165, 1.54) is 11.1 Å². The van der Waals surface area contributed by atoms with E-state index < -0.39 is 5.97 Å². The van der Waals surface area contributed by atoms with Gasteiger partial charge in [0.1, 0.15) is 11.3 Å². The van der Waals surface area contributed by atoms with Crippen molar-refractivity contribution in [2.75, 3.05) is 0 Å². The van der Waals surface area contributed by atoms with Crippen molar-refractivity contribution < 1.29 is 14.3 Å². The van der Waals surface area contributed by atoms with Crippen molar-refractivity contribution in [2.24, 2.45) is 5.92 Å². The number of benzene rings is 1. The summed E-state index contributed by atoms with van der Waals surface area (Å²) in [5.41, 5.74) is 3.38. The van der Waals surface area contributed by atoms with Gasteiger partial charge < -0.3 is 14.8 Å². The van der Waals surface area contributed by atoms with Crippen LogP contribution in [0, 0.1) is 19.8 Å². The third kappa shape index (κ3) is 3.02. The predicted molar refractivity (Wildman–Crippen MR) is 85.9 cm³/mol. The molecule has 2 aromatic rings. The van der Waals surface area contributed by atoms with Gasteiger partial charge in [-0.1, -0.05) is 12.8 Å². The number of carboxylic acid groups (broad SMARTS) is 1. The molecule has 0 spiro atoms. The van der Waals surface area contributed by atoms with Crippen LogP contribution in [0.25, 0.3) is 11.0 Å². The fraction of sp³-hybridized carbons (Fsp3) is 0.500. The lowest BCUT2D eigenvalue weighted by Gasteiger charge is -2.29. The molecule has 1 heterocycles. The minimum absolute atomic E-state index is 0.0444. The van der Waals surface area contributed by atoms with Crippen molar-refractivity contribution in [3.8, 4) is 0 Å². The molecule has 0 saturated heterocycles. The van der Waals surface area contributed by atoms with E-state index in [1.54, 1.807) is 0 Å².